The summed E-state index contributed by atoms with van der Waals surface area (Å²) in [5, 5.41) is -0.408. The second-order valence-corrected chi connectivity index (χ2v) is 4.80. The molecule has 0 fully saturated rings. The van der Waals surface area contributed by atoms with Gasteiger partial charge >= 0.3 is 6.18 Å². The van der Waals surface area contributed by atoms with Gasteiger partial charge in [0, 0.05) is 12.1 Å². The fourth-order valence-corrected chi connectivity index (χ4v) is 2.50. The standard InChI is InChI=1S/C11H6F6N2S/c12-5-2-1-4(7(13)8(5)14)10-19-9(11(15,16)17)6(3-18)20-10/h1-2H,3,18H2. The van der Waals surface area contributed by atoms with Gasteiger partial charge in [0.15, 0.2) is 23.1 Å². The lowest BCUT2D eigenvalue weighted by molar-refractivity contribution is -0.141. The van der Waals surface area contributed by atoms with Crippen molar-refractivity contribution in [1.29, 1.82) is 0 Å². The Balaban J connectivity index is 2.60. The predicted molar refractivity (Wildman–Crippen MR) is 60.3 cm³/mol. The predicted octanol–water partition coefficient (Wildman–Crippen LogP) is 3.70. The highest BCUT2D eigenvalue weighted by Gasteiger charge is 2.37. The van der Waals surface area contributed by atoms with E-state index in [1.54, 1.807) is 0 Å². The van der Waals surface area contributed by atoms with Crippen LogP contribution in [0.4, 0.5) is 26.3 Å². The van der Waals surface area contributed by atoms with E-state index in [9.17, 15) is 26.3 Å². The van der Waals surface area contributed by atoms with Crippen molar-refractivity contribution in [2.24, 2.45) is 5.73 Å². The van der Waals surface area contributed by atoms with E-state index in [0.29, 0.717) is 17.4 Å². The number of hydrogen-bond acceptors (Lipinski definition) is 3. The van der Waals surface area contributed by atoms with Crippen molar-refractivity contribution in [3.8, 4) is 10.6 Å². The Kier molecular flexibility index (Phi) is 3.74. The molecule has 9 heteroatoms. The average Bonchev–Trinajstić information content (AvgIpc) is 2.80. The van der Waals surface area contributed by atoms with Crippen molar-refractivity contribution >= 4 is 11.3 Å². The number of hydrogen-bond donors (Lipinski definition) is 1. The first-order valence-corrected chi connectivity index (χ1v) is 5.98. The zero-order valence-corrected chi connectivity index (χ0v) is 10.4. The van der Waals surface area contributed by atoms with Crippen molar-refractivity contribution in [2.45, 2.75) is 12.7 Å². The fraction of sp³-hybridized carbons (Fsp3) is 0.182. The first kappa shape index (κ1) is 14.8. The molecule has 1 aromatic heterocycles. The molecule has 108 valence electrons. The molecule has 0 aliphatic heterocycles. The normalized spacial score (nSPS) is 11.9. The van der Waals surface area contributed by atoms with Crippen LogP contribution in [0.3, 0.4) is 0 Å². The Bertz CT molecular complexity index is 649. The van der Waals surface area contributed by atoms with Crippen LogP contribution in [0.5, 0.6) is 0 Å². The molecule has 20 heavy (non-hydrogen) atoms. The molecule has 0 unspecified atom stereocenters. The summed E-state index contributed by atoms with van der Waals surface area (Å²) in [6.45, 7) is -0.447. The van der Waals surface area contributed by atoms with E-state index in [-0.39, 0.29) is 4.88 Å². The third-order valence-corrected chi connectivity index (χ3v) is 3.53. The minimum Gasteiger partial charge on any atom is -0.326 e. The number of alkyl halides is 3. The molecular weight excluding hydrogens is 306 g/mol. The molecule has 1 heterocycles. The second kappa shape index (κ2) is 5.06. The maximum Gasteiger partial charge on any atom is 0.434 e. The van der Waals surface area contributed by atoms with Crippen molar-refractivity contribution in [3.63, 3.8) is 0 Å². The third kappa shape index (κ3) is 2.50. The van der Waals surface area contributed by atoms with Gasteiger partial charge in [0.2, 0.25) is 0 Å². The van der Waals surface area contributed by atoms with E-state index >= 15 is 0 Å². The van der Waals surface area contributed by atoms with Gasteiger partial charge in [-0.1, -0.05) is 0 Å². The highest BCUT2D eigenvalue weighted by atomic mass is 32.1. The molecule has 0 radical (unpaired) electrons. The minimum atomic E-state index is -4.75. The Hall–Kier alpha value is -1.61. The van der Waals surface area contributed by atoms with Crippen LogP contribution in [0.1, 0.15) is 10.6 Å². The molecule has 0 aliphatic carbocycles. The first-order valence-electron chi connectivity index (χ1n) is 5.16. The maximum atomic E-state index is 13.5. The van der Waals surface area contributed by atoms with Gasteiger partial charge in [-0.25, -0.2) is 18.2 Å². The highest BCUT2D eigenvalue weighted by molar-refractivity contribution is 7.15. The van der Waals surface area contributed by atoms with Crippen molar-refractivity contribution in [2.75, 3.05) is 0 Å². The number of nitrogens with two attached hydrogens (primary N) is 1. The van der Waals surface area contributed by atoms with Crippen molar-refractivity contribution < 1.29 is 26.3 Å². The SMILES string of the molecule is NCc1sc(-c2ccc(F)c(F)c2F)nc1C(F)(F)F. The molecule has 0 aliphatic rings. The number of halogens is 6. The van der Waals surface area contributed by atoms with E-state index in [4.69, 9.17) is 5.73 Å². The van der Waals surface area contributed by atoms with Gasteiger partial charge in [0.1, 0.15) is 5.01 Å². The summed E-state index contributed by atoms with van der Waals surface area (Å²) in [4.78, 5) is 2.93. The number of thiazole rings is 1. The topological polar surface area (TPSA) is 38.9 Å². The van der Waals surface area contributed by atoms with Crippen LogP contribution >= 0.6 is 11.3 Å². The van der Waals surface area contributed by atoms with Gasteiger partial charge in [0.05, 0.1) is 4.88 Å². The summed E-state index contributed by atoms with van der Waals surface area (Å²) < 4.78 is 77.4. The summed E-state index contributed by atoms with van der Waals surface area (Å²) in [6, 6.07) is 1.44. The van der Waals surface area contributed by atoms with E-state index < -0.39 is 46.4 Å². The monoisotopic (exact) mass is 312 g/mol. The van der Waals surface area contributed by atoms with Crippen molar-refractivity contribution in [3.05, 3.63) is 40.2 Å². The van der Waals surface area contributed by atoms with E-state index in [1.165, 1.54) is 0 Å². The van der Waals surface area contributed by atoms with Crippen molar-refractivity contribution in [1.82, 2.24) is 4.98 Å². The minimum absolute atomic E-state index is 0.309. The van der Waals surface area contributed by atoms with Crippen LogP contribution in [0.15, 0.2) is 12.1 Å². The van der Waals surface area contributed by atoms with Gasteiger partial charge < -0.3 is 5.73 Å². The van der Waals surface area contributed by atoms with Gasteiger partial charge in [-0.05, 0) is 12.1 Å². The molecule has 2 rings (SSSR count). The third-order valence-electron chi connectivity index (χ3n) is 2.42. The lowest BCUT2D eigenvalue weighted by atomic mass is 10.2. The van der Waals surface area contributed by atoms with Crippen LogP contribution in [0.2, 0.25) is 0 Å². The van der Waals surface area contributed by atoms with Crippen LogP contribution in [0, 0.1) is 17.5 Å². The van der Waals surface area contributed by atoms with E-state index in [1.807, 2.05) is 0 Å². The quantitative estimate of drug-likeness (QED) is 0.678. The molecule has 0 spiro atoms. The number of nitrogens with zero attached hydrogens (tertiary/aromatic N) is 1. The number of benzene rings is 1. The smallest absolute Gasteiger partial charge is 0.326 e. The molecule has 2 N–H and O–H groups in total. The summed E-state index contributed by atoms with van der Waals surface area (Å²) >= 11 is 0.483. The lowest BCUT2D eigenvalue weighted by Crippen LogP contribution is -2.10. The zero-order valence-electron chi connectivity index (χ0n) is 9.56. The van der Waals surface area contributed by atoms with E-state index in [2.05, 4.69) is 4.98 Å². The van der Waals surface area contributed by atoms with Crippen LogP contribution in [0.25, 0.3) is 10.6 Å². The summed E-state index contributed by atoms with van der Waals surface area (Å²) in [6.07, 6.45) is -4.75. The Morgan fingerprint density at radius 1 is 1.10 bits per heavy atom. The molecule has 0 bridgehead atoms. The molecule has 0 saturated carbocycles. The molecule has 0 saturated heterocycles. The molecule has 2 aromatic rings. The Labute approximate surface area is 112 Å². The van der Waals surface area contributed by atoms with Gasteiger partial charge in [-0.15, -0.1) is 11.3 Å². The van der Waals surface area contributed by atoms with Gasteiger partial charge in [-0.3, -0.25) is 0 Å². The fourth-order valence-electron chi connectivity index (χ4n) is 1.52. The zero-order chi connectivity index (χ0) is 15.1. The largest absolute Gasteiger partial charge is 0.434 e. The van der Waals surface area contributed by atoms with Crippen LogP contribution in [-0.2, 0) is 12.7 Å². The highest BCUT2D eigenvalue weighted by Crippen LogP contribution is 2.38. The Morgan fingerprint density at radius 3 is 2.25 bits per heavy atom. The number of aromatic nitrogens is 1. The molecule has 2 nitrogen and oxygen atoms in total. The molecule has 0 amide bonds. The summed E-state index contributed by atoms with van der Waals surface area (Å²) in [5.41, 5.74) is 3.38. The molecule has 1 aromatic carbocycles. The maximum absolute atomic E-state index is 13.5. The molecule has 0 atom stereocenters. The summed E-state index contributed by atoms with van der Waals surface area (Å²) in [7, 11) is 0. The second-order valence-electron chi connectivity index (χ2n) is 3.72. The summed E-state index contributed by atoms with van der Waals surface area (Å²) in [5.74, 6) is -4.78. The average molecular weight is 312 g/mol. The van der Waals surface area contributed by atoms with E-state index in [0.717, 1.165) is 6.07 Å². The number of rotatable bonds is 2. The lowest BCUT2D eigenvalue weighted by Gasteiger charge is -2.03. The van der Waals surface area contributed by atoms with Gasteiger partial charge in [-0.2, -0.15) is 13.2 Å². The van der Waals surface area contributed by atoms with Crippen LogP contribution < -0.4 is 5.73 Å². The molecular formula is C11H6F6N2S. The van der Waals surface area contributed by atoms with Crippen LogP contribution in [-0.4, -0.2) is 4.98 Å². The Morgan fingerprint density at radius 2 is 1.75 bits per heavy atom. The first-order chi connectivity index (χ1) is 9.25. The van der Waals surface area contributed by atoms with Gasteiger partial charge in [0.25, 0.3) is 0 Å².